The maximum absolute atomic E-state index is 13.2. The second-order valence-corrected chi connectivity index (χ2v) is 20.2. The van der Waals surface area contributed by atoms with Gasteiger partial charge in [-0.05, 0) is 69.0 Å². The van der Waals surface area contributed by atoms with Crippen LogP contribution in [0, 0.1) is 0 Å². The molecule has 63 heavy (non-hydrogen) atoms. The molecule has 19 heteroatoms. The summed E-state index contributed by atoms with van der Waals surface area (Å²) in [6, 6.07) is 18.6. The first-order chi connectivity index (χ1) is 30.3. The van der Waals surface area contributed by atoms with Gasteiger partial charge in [0.15, 0.2) is 5.82 Å². The largest absolute Gasteiger partial charge is 0.494 e. The molecule has 0 saturated carbocycles. The first-order valence-electron chi connectivity index (χ1n) is 21.2. The van der Waals surface area contributed by atoms with Gasteiger partial charge < -0.3 is 40.4 Å². The number of anilines is 6. The molecule has 4 aliphatic rings. The molecule has 0 aliphatic carbocycles. The number of fused-ring (bicyclic) bond motifs is 1. The lowest BCUT2D eigenvalue weighted by molar-refractivity contribution is -0.137. The molecule has 17 nitrogen and oxygen atoms in total. The lowest BCUT2D eigenvalue weighted by Crippen LogP contribution is -2.54. The second-order valence-electron chi connectivity index (χ2n) is 16.6. The zero-order valence-corrected chi connectivity index (χ0v) is 37.3. The van der Waals surface area contributed by atoms with E-state index in [1.165, 1.54) is 11.1 Å². The van der Waals surface area contributed by atoms with Crippen molar-refractivity contribution in [2.75, 3.05) is 93.8 Å². The van der Waals surface area contributed by atoms with Crippen molar-refractivity contribution in [1.82, 2.24) is 35.3 Å². The summed E-state index contributed by atoms with van der Waals surface area (Å²) in [5, 5.41) is 16.1. The summed E-state index contributed by atoms with van der Waals surface area (Å²) in [5.41, 5.74) is 4.46. The summed E-state index contributed by atoms with van der Waals surface area (Å²) >= 11 is 6.48. The van der Waals surface area contributed by atoms with Gasteiger partial charge in [0.1, 0.15) is 24.0 Å². The molecule has 8 rings (SSSR count). The van der Waals surface area contributed by atoms with Gasteiger partial charge in [0.05, 0.1) is 37.9 Å². The zero-order chi connectivity index (χ0) is 44.3. The summed E-state index contributed by atoms with van der Waals surface area (Å²) < 4.78 is 18.7. The maximum atomic E-state index is 13.2. The molecule has 4 amide bonds. The standard InChI is InChI=1S/C44H53ClN11O6P/c1-62-37-23-29(11-12-34(37)50-44-46-24-32(45)41(52-44)49-35-8-4-5-10-38(35)63(2,3)61)54-17-15-28(16-18-54)55-21-19-53(20-22-55)26-40(58)48-27-47-33-9-6-7-30-31(33)25-56(43(30)60)36-13-14-39(57)51-42(36)59/h4-12,23-24,28,36,47H,13-22,25-27H2,1-3H3,(H,48,58)(H,51,57,59)(H2,46,49,50,52). The SMILES string of the molecule is COc1cc(N2CCC(N3CCN(CC(=O)NCNc4cccc5c4CN(C4CCC(=O)NC4=O)C5=O)CC3)CC2)ccc1Nc1ncc(Cl)c(Nc2ccccc2P(C)(C)=O)n1. The quantitative estimate of drug-likeness (QED) is 0.0679. The van der Waals surface area contributed by atoms with Gasteiger partial charge in [-0.25, -0.2) is 4.98 Å². The van der Waals surface area contributed by atoms with E-state index in [4.69, 9.17) is 16.3 Å². The zero-order valence-electron chi connectivity index (χ0n) is 35.7. The van der Waals surface area contributed by atoms with Gasteiger partial charge in [-0.15, -0.1) is 0 Å². The predicted molar refractivity (Wildman–Crippen MR) is 244 cm³/mol. The van der Waals surface area contributed by atoms with Gasteiger partial charge in [-0.2, -0.15) is 4.98 Å². The number of piperidine rings is 2. The van der Waals surface area contributed by atoms with Crippen LogP contribution in [0.25, 0.3) is 0 Å². The number of nitrogens with one attached hydrogen (secondary N) is 5. The highest BCUT2D eigenvalue weighted by atomic mass is 35.5. The number of nitrogens with zero attached hydrogens (tertiary/aromatic N) is 6. The normalized spacial score (nSPS) is 18.8. The van der Waals surface area contributed by atoms with Crippen LogP contribution in [0.5, 0.6) is 5.75 Å². The lowest BCUT2D eigenvalue weighted by atomic mass is 10.0. The van der Waals surface area contributed by atoms with E-state index >= 15 is 0 Å². The highest BCUT2D eigenvalue weighted by Gasteiger charge is 2.40. The van der Waals surface area contributed by atoms with Crippen molar-refractivity contribution in [3.8, 4) is 5.75 Å². The molecule has 0 bridgehead atoms. The number of hydrogen-bond donors (Lipinski definition) is 5. The number of amides is 4. The van der Waals surface area contributed by atoms with Crippen molar-refractivity contribution < 1.29 is 28.5 Å². The average Bonchev–Trinajstić information content (AvgIpc) is 3.61. The third-order valence-electron chi connectivity index (χ3n) is 12.2. The molecule has 4 aromatic rings. The Morgan fingerprint density at radius 2 is 1.68 bits per heavy atom. The van der Waals surface area contributed by atoms with E-state index in [0.29, 0.717) is 63.8 Å². The number of piperazine rings is 1. The molecule has 3 fully saturated rings. The molecule has 3 saturated heterocycles. The number of imide groups is 1. The fraction of sp³-hybridized carbons (Fsp3) is 0.409. The minimum Gasteiger partial charge on any atom is -0.494 e. The van der Waals surface area contributed by atoms with Gasteiger partial charge in [0.2, 0.25) is 23.7 Å². The highest BCUT2D eigenvalue weighted by Crippen LogP contribution is 2.39. The van der Waals surface area contributed by atoms with Crippen LogP contribution < -0.4 is 41.5 Å². The Hall–Kier alpha value is -5.74. The van der Waals surface area contributed by atoms with Gasteiger partial charge in [-0.1, -0.05) is 29.8 Å². The van der Waals surface area contributed by atoms with E-state index in [-0.39, 0.29) is 37.4 Å². The van der Waals surface area contributed by atoms with E-state index in [1.807, 2.05) is 42.5 Å². The Balaban J connectivity index is 0.776. The Labute approximate surface area is 371 Å². The molecule has 0 radical (unpaired) electrons. The number of aromatic nitrogens is 2. The van der Waals surface area contributed by atoms with Crippen LogP contribution in [-0.2, 0) is 25.5 Å². The molecular weight excluding hydrogens is 845 g/mol. The van der Waals surface area contributed by atoms with E-state index in [0.717, 1.165) is 69.0 Å². The third-order valence-corrected chi connectivity index (χ3v) is 14.0. The van der Waals surface area contributed by atoms with Crippen molar-refractivity contribution in [2.24, 2.45) is 0 Å². The van der Waals surface area contributed by atoms with Crippen LogP contribution in [0.15, 0.2) is 66.9 Å². The minimum absolute atomic E-state index is 0.0827. The number of hydrogen-bond acceptors (Lipinski definition) is 14. The Morgan fingerprint density at radius 3 is 2.43 bits per heavy atom. The Bertz CT molecular complexity index is 2440. The molecule has 5 heterocycles. The van der Waals surface area contributed by atoms with Gasteiger partial charge >= 0.3 is 0 Å². The van der Waals surface area contributed by atoms with Crippen LogP contribution in [0.2, 0.25) is 5.02 Å². The molecule has 0 spiro atoms. The van der Waals surface area contributed by atoms with Gasteiger partial charge in [0, 0.05) is 92.1 Å². The Kier molecular flexibility index (Phi) is 13.2. The maximum Gasteiger partial charge on any atom is 0.255 e. The van der Waals surface area contributed by atoms with Crippen LogP contribution in [-0.4, -0.2) is 133 Å². The topological polar surface area (TPSA) is 193 Å². The number of ether oxygens (including phenoxy) is 1. The Morgan fingerprint density at radius 1 is 0.921 bits per heavy atom. The molecule has 1 unspecified atom stereocenters. The number of carbonyl (C=O) groups is 4. The van der Waals surface area contributed by atoms with Crippen LogP contribution in [0.4, 0.5) is 34.5 Å². The van der Waals surface area contributed by atoms with Crippen molar-refractivity contribution in [2.45, 2.75) is 44.3 Å². The number of halogens is 1. The number of rotatable bonds is 14. The van der Waals surface area contributed by atoms with E-state index in [1.54, 1.807) is 32.6 Å². The van der Waals surface area contributed by atoms with Crippen molar-refractivity contribution in [3.63, 3.8) is 0 Å². The first-order valence-corrected chi connectivity index (χ1v) is 24.2. The molecular formula is C44H53ClN11O6P. The fourth-order valence-electron chi connectivity index (χ4n) is 8.82. The molecule has 4 aliphatic heterocycles. The fourth-order valence-corrected chi connectivity index (χ4v) is 10.1. The van der Waals surface area contributed by atoms with Gasteiger partial charge in [-0.3, -0.25) is 34.3 Å². The smallest absolute Gasteiger partial charge is 0.255 e. The molecule has 1 atom stereocenters. The minimum atomic E-state index is -2.56. The molecule has 1 aromatic heterocycles. The van der Waals surface area contributed by atoms with Gasteiger partial charge in [0.25, 0.3) is 5.91 Å². The first kappa shape index (κ1) is 43.9. The average molecular weight is 898 g/mol. The molecule has 332 valence electrons. The van der Waals surface area contributed by atoms with E-state index < -0.39 is 19.1 Å². The van der Waals surface area contributed by atoms with Crippen molar-refractivity contribution in [1.29, 1.82) is 0 Å². The number of carbonyl (C=O) groups excluding carboxylic acids is 4. The number of para-hydroxylation sites is 1. The van der Waals surface area contributed by atoms with Crippen molar-refractivity contribution >= 4 is 82.2 Å². The second kappa shape index (κ2) is 18.9. The summed E-state index contributed by atoms with van der Waals surface area (Å²) in [6.07, 6.45) is 4.07. The van der Waals surface area contributed by atoms with E-state index in [2.05, 4.69) is 57.3 Å². The monoisotopic (exact) mass is 897 g/mol. The van der Waals surface area contributed by atoms with Crippen LogP contribution in [0.3, 0.4) is 0 Å². The summed E-state index contributed by atoms with van der Waals surface area (Å²) in [4.78, 5) is 67.9. The number of methoxy groups -OCH3 is 1. The predicted octanol–water partition coefficient (Wildman–Crippen LogP) is 4.41. The van der Waals surface area contributed by atoms with E-state index in [9.17, 15) is 23.7 Å². The van der Waals surface area contributed by atoms with Crippen LogP contribution >= 0.6 is 18.7 Å². The summed E-state index contributed by atoms with van der Waals surface area (Å²) in [7, 11) is -0.922. The summed E-state index contributed by atoms with van der Waals surface area (Å²) in [5.74, 6) is 0.283. The molecule has 5 N–H and O–H groups in total. The number of benzene rings is 3. The third kappa shape index (κ3) is 10.1. The highest BCUT2D eigenvalue weighted by molar-refractivity contribution is 7.70. The van der Waals surface area contributed by atoms with Crippen LogP contribution in [0.1, 0.15) is 41.6 Å². The lowest BCUT2D eigenvalue weighted by Gasteiger charge is -2.43. The molecule has 3 aromatic carbocycles. The van der Waals surface area contributed by atoms with Crippen molar-refractivity contribution in [3.05, 3.63) is 83.0 Å². The summed E-state index contributed by atoms with van der Waals surface area (Å²) in [6.45, 7) is 9.42.